The molecule has 6 heteroatoms. The predicted molar refractivity (Wildman–Crippen MR) is 113 cm³/mol. The summed E-state index contributed by atoms with van der Waals surface area (Å²) in [5.41, 5.74) is 2.83. The summed E-state index contributed by atoms with van der Waals surface area (Å²) in [4.78, 5) is 24.5. The number of carbonyl (C=O) groups excluding carboxylic acids is 2. The van der Waals surface area contributed by atoms with Gasteiger partial charge >= 0.3 is 5.97 Å². The lowest BCUT2D eigenvalue weighted by molar-refractivity contribution is -0.144. The second kappa shape index (κ2) is 10.8. The summed E-state index contributed by atoms with van der Waals surface area (Å²) in [6, 6.07) is 4.01. The maximum atomic E-state index is 12.3. The molecule has 0 aromatic carbocycles. The lowest BCUT2D eigenvalue weighted by Crippen LogP contribution is -2.42. The summed E-state index contributed by atoms with van der Waals surface area (Å²) in [7, 11) is 0. The highest BCUT2D eigenvalue weighted by Crippen LogP contribution is 2.23. The van der Waals surface area contributed by atoms with Crippen LogP contribution < -0.4 is 5.32 Å². The van der Waals surface area contributed by atoms with Crippen molar-refractivity contribution in [3.8, 4) is 6.07 Å². The maximum Gasteiger partial charge on any atom is 0.349 e. The monoisotopic (exact) mass is 399 g/mol. The van der Waals surface area contributed by atoms with E-state index in [4.69, 9.17) is 4.74 Å². The minimum Gasteiger partial charge on any atom is -0.451 e. The van der Waals surface area contributed by atoms with Crippen LogP contribution in [0.5, 0.6) is 0 Å². The summed E-state index contributed by atoms with van der Waals surface area (Å²) in [5.74, 6) is -0.647. The topological polar surface area (TPSA) is 84.1 Å². The molecule has 0 radical (unpaired) electrons. The molecule has 1 saturated carbocycles. The molecule has 6 nitrogen and oxygen atoms in total. The third-order valence-corrected chi connectivity index (χ3v) is 5.78. The van der Waals surface area contributed by atoms with Crippen LogP contribution >= 0.6 is 0 Å². The zero-order valence-electron chi connectivity index (χ0n) is 18.1. The molecule has 1 aliphatic rings. The Morgan fingerprint density at radius 1 is 1.34 bits per heavy atom. The molecular formula is C23H33N3O3. The summed E-state index contributed by atoms with van der Waals surface area (Å²) in [6.45, 7) is 8.81. The van der Waals surface area contributed by atoms with Gasteiger partial charge in [-0.05, 0) is 56.7 Å². The molecule has 1 amide bonds. The van der Waals surface area contributed by atoms with Gasteiger partial charge in [-0.15, -0.1) is 0 Å². The Balaban J connectivity index is 1.98. The highest BCUT2D eigenvalue weighted by molar-refractivity contribution is 5.99. The number of nitriles is 1. The number of amides is 1. The van der Waals surface area contributed by atoms with Crippen molar-refractivity contribution < 1.29 is 14.3 Å². The number of rotatable bonds is 8. The van der Waals surface area contributed by atoms with E-state index in [0.717, 1.165) is 55.6 Å². The van der Waals surface area contributed by atoms with Gasteiger partial charge in [-0.1, -0.05) is 33.1 Å². The molecule has 2 atom stereocenters. The number of ether oxygens (including phenoxy) is 1. The van der Waals surface area contributed by atoms with E-state index < -0.39 is 5.97 Å². The normalized spacial score (nSPS) is 19.5. The molecule has 0 bridgehead atoms. The Morgan fingerprint density at radius 3 is 2.72 bits per heavy atom. The van der Waals surface area contributed by atoms with Gasteiger partial charge in [0.15, 0.2) is 6.61 Å². The third-order valence-electron chi connectivity index (χ3n) is 5.78. The summed E-state index contributed by atoms with van der Waals surface area (Å²) in [5, 5.41) is 12.3. The van der Waals surface area contributed by atoms with Gasteiger partial charge in [-0.3, -0.25) is 4.79 Å². The zero-order valence-corrected chi connectivity index (χ0v) is 18.1. The Hall–Kier alpha value is -2.55. The first kappa shape index (κ1) is 22.7. The number of aromatic nitrogens is 1. The molecule has 158 valence electrons. The molecule has 1 fully saturated rings. The van der Waals surface area contributed by atoms with Gasteiger partial charge in [0.1, 0.15) is 11.6 Å². The van der Waals surface area contributed by atoms with E-state index in [1.807, 2.05) is 26.0 Å². The molecule has 0 unspecified atom stereocenters. The van der Waals surface area contributed by atoms with E-state index >= 15 is 0 Å². The van der Waals surface area contributed by atoms with Crippen LogP contribution in [-0.2, 0) is 20.9 Å². The first-order chi connectivity index (χ1) is 13.9. The second-order valence-corrected chi connectivity index (χ2v) is 8.01. The fraction of sp³-hybridized carbons (Fsp3) is 0.609. The Kier molecular flexibility index (Phi) is 8.50. The minimum absolute atomic E-state index is 0.0976. The Morgan fingerprint density at radius 2 is 2.07 bits per heavy atom. The van der Waals surface area contributed by atoms with Crippen LogP contribution in [0.25, 0.3) is 6.08 Å². The smallest absolute Gasteiger partial charge is 0.349 e. The molecule has 0 aliphatic heterocycles. The van der Waals surface area contributed by atoms with Crippen LogP contribution in [0.2, 0.25) is 0 Å². The van der Waals surface area contributed by atoms with Crippen LogP contribution in [0.4, 0.5) is 0 Å². The number of carbonyl (C=O) groups is 2. The van der Waals surface area contributed by atoms with Crippen LogP contribution in [0.3, 0.4) is 0 Å². The molecule has 1 aromatic rings. The number of hydrogen-bond acceptors (Lipinski definition) is 4. The fourth-order valence-electron chi connectivity index (χ4n) is 3.91. The van der Waals surface area contributed by atoms with E-state index in [1.165, 1.54) is 6.42 Å². The molecule has 2 rings (SSSR count). The first-order valence-corrected chi connectivity index (χ1v) is 10.6. The largest absolute Gasteiger partial charge is 0.451 e. The lowest BCUT2D eigenvalue weighted by atomic mass is 9.86. The van der Waals surface area contributed by atoms with Gasteiger partial charge in [0, 0.05) is 24.0 Å². The average molecular weight is 400 g/mol. The SMILES string of the molecule is CCCCn1c(C)cc(/C=C(\C#N)C(=O)OCC(=O)N[C@@H]2CCCC[C@H]2C)c1C. The van der Waals surface area contributed by atoms with Crippen LogP contribution in [0, 0.1) is 31.1 Å². The van der Waals surface area contributed by atoms with Crippen molar-refractivity contribution in [3.05, 3.63) is 28.6 Å². The molecule has 29 heavy (non-hydrogen) atoms. The van der Waals surface area contributed by atoms with Crippen molar-refractivity contribution in [3.63, 3.8) is 0 Å². The Bertz CT molecular complexity index is 801. The molecular weight excluding hydrogens is 366 g/mol. The molecule has 1 N–H and O–H groups in total. The predicted octanol–water partition coefficient (Wildman–Crippen LogP) is 4.05. The number of esters is 1. The summed E-state index contributed by atoms with van der Waals surface area (Å²) < 4.78 is 7.29. The van der Waals surface area contributed by atoms with Crippen molar-refractivity contribution in [1.29, 1.82) is 5.26 Å². The highest BCUT2D eigenvalue weighted by atomic mass is 16.5. The standard InChI is InChI=1S/C23H33N3O3/c1-5-6-11-26-17(3)12-19(18(26)4)13-20(14-24)23(28)29-15-22(27)25-21-10-8-7-9-16(21)2/h12-13,16,21H,5-11,15H2,1-4H3,(H,25,27)/b20-13+/t16-,21-/m1/s1. The van der Waals surface area contributed by atoms with E-state index in [2.05, 4.69) is 23.7 Å². The van der Waals surface area contributed by atoms with Crippen LogP contribution in [0.1, 0.15) is 69.3 Å². The first-order valence-electron chi connectivity index (χ1n) is 10.6. The van der Waals surface area contributed by atoms with Gasteiger partial charge in [0.05, 0.1) is 0 Å². The van der Waals surface area contributed by atoms with Crippen molar-refractivity contribution in [2.75, 3.05) is 6.61 Å². The second-order valence-electron chi connectivity index (χ2n) is 8.01. The molecule has 0 saturated heterocycles. The van der Waals surface area contributed by atoms with Crippen LogP contribution in [0.15, 0.2) is 11.6 Å². The van der Waals surface area contributed by atoms with Gasteiger partial charge < -0.3 is 14.6 Å². The van der Waals surface area contributed by atoms with Crippen molar-refractivity contribution >= 4 is 18.0 Å². The third kappa shape index (κ3) is 6.22. The summed E-state index contributed by atoms with van der Waals surface area (Å²) >= 11 is 0. The molecule has 1 heterocycles. The number of aryl methyl sites for hydroxylation is 1. The fourth-order valence-corrected chi connectivity index (χ4v) is 3.91. The molecule has 0 spiro atoms. The Labute approximate surface area is 173 Å². The molecule has 1 aromatic heterocycles. The number of nitrogens with zero attached hydrogens (tertiary/aromatic N) is 2. The van der Waals surface area contributed by atoms with Crippen molar-refractivity contribution in [2.24, 2.45) is 5.92 Å². The summed E-state index contributed by atoms with van der Waals surface area (Å²) in [6.07, 6.45) is 8.07. The number of unbranched alkanes of at least 4 members (excludes halogenated alkanes) is 1. The molecule has 1 aliphatic carbocycles. The van der Waals surface area contributed by atoms with Gasteiger partial charge in [-0.2, -0.15) is 5.26 Å². The van der Waals surface area contributed by atoms with Crippen LogP contribution in [-0.4, -0.2) is 29.1 Å². The number of nitrogens with one attached hydrogen (secondary N) is 1. The van der Waals surface area contributed by atoms with Gasteiger partial charge in [0.2, 0.25) is 0 Å². The quantitative estimate of drug-likeness (QED) is 0.406. The van der Waals surface area contributed by atoms with E-state index in [9.17, 15) is 14.9 Å². The van der Waals surface area contributed by atoms with E-state index in [1.54, 1.807) is 6.08 Å². The van der Waals surface area contributed by atoms with E-state index in [-0.39, 0.29) is 24.1 Å². The van der Waals surface area contributed by atoms with Crippen molar-refractivity contribution in [1.82, 2.24) is 9.88 Å². The number of hydrogen-bond donors (Lipinski definition) is 1. The zero-order chi connectivity index (χ0) is 21.4. The van der Waals surface area contributed by atoms with E-state index in [0.29, 0.717) is 5.92 Å². The lowest BCUT2D eigenvalue weighted by Gasteiger charge is -2.29. The van der Waals surface area contributed by atoms with Gasteiger partial charge in [-0.25, -0.2) is 4.79 Å². The minimum atomic E-state index is -0.766. The average Bonchev–Trinajstić information content (AvgIpc) is 2.97. The van der Waals surface area contributed by atoms with Crippen molar-refractivity contribution in [2.45, 2.75) is 78.8 Å². The maximum absolute atomic E-state index is 12.3. The highest BCUT2D eigenvalue weighted by Gasteiger charge is 2.23. The van der Waals surface area contributed by atoms with Gasteiger partial charge in [0.25, 0.3) is 5.91 Å².